The van der Waals surface area contributed by atoms with Crippen molar-refractivity contribution < 1.29 is 19.4 Å². The van der Waals surface area contributed by atoms with Gasteiger partial charge in [0, 0.05) is 15.8 Å². The molecule has 0 radical (unpaired) electrons. The third-order valence-corrected chi connectivity index (χ3v) is 3.10. The van der Waals surface area contributed by atoms with Gasteiger partial charge in [0.05, 0.1) is 25.4 Å². The molecule has 106 valence electrons. The van der Waals surface area contributed by atoms with Crippen LogP contribution in [0.4, 0.5) is 0 Å². The Labute approximate surface area is 117 Å². The van der Waals surface area contributed by atoms with Crippen LogP contribution in [0.5, 0.6) is 0 Å². The van der Waals surface area contributed by atoms with Crippen LogP contribution in [-0.4, -0.2) is 29.9 Å². The fraction of sp³-hybridized carbons (Fsp3) is 0.500. The van der Waals surface area contributed by atoms with E-state index in [1.54, 1.807) is 6.08 Å². The molecule has 0 spiro atoms. The standard InChI is InChI=1S/C14H20O4S/c1-14(2,3)18-9-8-17-10-12-5-4-11(19-12)6-7-13(15)16/h4-7H,8-10H2,1-3H3,(H,15,16)/b7-6+. The molecule has 0 saturated heterocycles. The zero-order chi connectivity index (χ0) is 14.3. The monoisotopic (exact) mass is 284 g/mol. The molecule has 0 aromatic carbocycles. The second kappa shape index (κ2) is 7.43. The molecule has 0 bridgehead atoms. The Morgan fingerprint density at radius 2 is 2.11 bits per heavy atom. The molecule has 1 rings (SSSR count). The highest BCUT2D eigenvalue weighted by atomic mass is 32.1. The van der Waals surface area contributed by atoms with Crippen LogP contribution in [0.2, 0.25) is 0 Å². The van der Waals surface area contributed by atoms with Gasteiger partial charge in [-0.15, -0.1) is 11.3 Å². The number of carboxylic acid groups (broad SMARTS) is 1. The van der Waals surface area contributed by atoms with Crippen molar-refractivity contribution in [2.24, 2.45) is 0 Å². The van der Waals surface area contributed by atoms with E-state index in [-0.39, 0.29) is 5.60 Å². The maximum atomic E-state index is 10.4. The molecular weight excluding hydrogens is 264 g/mol. The minimum Gasteiger partial charge on any atom is -0.478 e. The molecule has 0 atom stereocenters. The molecule has 0 saturated carbocycles. The highest BCUT2D eigenvalue weighted by Gasteiger charge is 2.09. The minimum atomic E-state index is -0.939. The quantitative estimate of drug-likeness (QED) is 0.617. The van der Waals surface area contributed by atoms with E-state index in [0.717, 1.165) is 15.8 Å². The molecule has 0 fully saturated rings. The maximum absolute atomic E-state index is 10.4. The van der Waals surface area contributed by atoms with Crippen LogP contribution in [0.1, 0.15) is 30.5 Å². The highest BCUT2D eigenvalue weighted by Crippen LogP contribution is 2.18. The largest absolute Gasteiger partial charge is 0.478 e. The van der Waals surface area contributed by atoms with E-state index in [9.17, 15) is 4.79 Å². The lowest BCUT2D eigenvalue weighted by atomic mass is 10.2. The SMILES string of the molecule is CC(C)(C)OCCOCc1ccc(/C=C/C(=O)O)s1. The summed E-state index contributed by atoms with van der Waals surface area (Å²) >= 11 is 1.52. The summed E-state index contributed by atoms with van der Waals surface area (Å²) in [7, 11) is 0. The predicted octanol–water partition coefficient (Wildman–Crippen LogP) is 3.18. The van der Waals surface area contributed by atoms with E-state index in [1.807, 2.05) is 32.9 Å². The lowest BCUT2D eigenvalue weighted by molar-refractivity contribution is -0.131. The smallest absolute Gasteiger partial charge is 0.328 e. The van der Waals surface area contributed by atoms with Gasteiger partial charge in [0.1, 0.15) is 0 Å². The number of aliphatic carboxylic acids is 1. The summed E-state index contributed by atoms with van der Waals surface area (Å²) in [5, 5.41) is 8.53. The number of carboxylic acids is 1. The van der Waals surface area contributed by atoms with Gasteiger partial charge < -0.3 is 14.6 Å². The summed E-state index contributed by atoms with van der Waals surface area (Å²) in [6.45, 7) is 7.67. The van der Waals surface area contributed by atoms with Crippen LogP contribution < -0.4 is 0 Å². The number of hydrogen-bond acceptors (Lipinski definition) is 4. The lowest BCUT2D eigenvalue weighted by Crippen LogP contribution is -2.21. The van der Waals surface area contributed by atoms with Crippen molar-refractivity contribution in [3.63, 3.8) is 0 Å². The number of ether oxygens (including phenoxy) is 2. The first-order chi connectivity index (χ1) is 8.87. The predicted molar refractivity (Wildman–Crippen MR) is 76.3 cm³/mol. The Morgan fingerprint density at radius 3 is 2.74 bits per heavy atom. The lowest BCUT2D eigenvalue weighted by Gasteiger charge is -2.19. The Balaban J connectivity index is 2.25. The van der Waals surface area contributed by atoms with Gasteiger partial charge in [-0.25, -0.2) is 4.79 Å². The average molecular weight is 284 g/mol. The minimum absolute atomic E-state index is 0.138. The van der Waals surface area contributed by atoms with Crippen LogP contribution in [0.25, 0.3) is 6.08 Å². The molecule has 0 aliphatic carbocycles. The first-order valence-corrected chi connectivity index (χ1v) is 6.90. The van der Waals surface area contributed by atoms with Gasteiger partial charge in [-0.3, -0.25) is 0 Å². The summed E-state index contributed by atoms with van der Waals surface area (Å²) in [4.78, 5) is 12.4. The first kappa shape index (κ1) is 15.9. The number of rotatable bonds is 7. The molecule has 0 aliphatic heterocycles. The Morgan fingerprint density at radius 1 is 1.37 bits per heavy atom. The Kier molecular flexibility index (Phi) is 6.21. The molecular formula is C14H20O4S. The fourth-order valence-corrected chi connectivity index (χ4v) is 2.15. The van der Waals surface area contributed by atoms with Crippen molar-refractivity contribution in [2.45, 2.75) is 33.0 Å². The summed E-state index contributed by atoms with van der Waals surface area (Å²) in [6.07, 6.45) is 2.72. The fourth-order valence-electron chi connectivity index (χ4n) is 1.29. The van der Waals surface area contributed by atoms with Crippen molar-refractivity contribution >= 4 is 23.4 Å². The third-order valence-electron chi connectivity index (χ3n) is 2.08. The van der Waals surface area contributed by atoms with Gasteiger partial charge in [0.15, 0.2) is 0 Å². The van der Waals surface area contributed by atoms with E-state index < -0.39 is 5.97 Å². The highest BCUT2D eigenvalue weighted by molar-refractivity contribution is 7.12. The van der Waals surface area contributed by atoms with Crippen LogP contribution in [0.3, 0.4) is 0 Å². The molecule has 19 heavy (non-hydrogen) atoms. The molecule has 1 heterocycles. The Bertz CT molecular complexity index is 429. The van der Waals surface area contributed by atoms with E-state index in [4.69, 9.17) is 14.6 Å². The molecule has 0 unspecified atom stereocenters. The summed E-state index contributed by atoms with van der Waals surface area (Å²) in [5.74, 6) is -0.939. The van der Waals surface area contributed by atoms with Crippen molar-refractivity contribution in [1.82, 2.24) is 0 Å². The van der Waals surface area contributed by atoms with Crippen molar-refractivity contribution in [2.75, 3.05) is 13.2 Å². The number of thiophene rings is 1. The zero-order valence-electron chi connectivity index (χ0n) is 11.5. The second-order valence-electron chi connectivity index (χ2n) is 4.99. The molecule has 0 amide bonds. The summed E-state index contributed by atoms with van der Waals surface area (Å²) < 4.78 is 11.0. The van der Waals surface area contributed by atoms with Crippen LogP contribution in [0.15, 0.2) is 18.2 Å². The van der Waals surface area contributed by atoms with E-state index >= 15 is 0 Å². The molecule has 1 N–H and O–H groups in total. The van der Waals surface area contributed by atoms with Gasteiger partial charge >= 0.3 is 5.97 Å². The van der Waals surface area contributed by atoms with Crippen molar-refractivity contribution in [1.29, 1.82) is 0 Å². The van der Waals surface area contributed by atoms with Crippen LogP contribution in [-0.2, 0) is 20.9 Å². The van der Waals surface area contributed by atoms with Crippen molar-refractivity contribution in [3.8, 4) is 0 Å². The van der Waals surface area contributed by atoms with Crippen LogP contribution in [0, 0.1) is 0 Å². The summed E-state index contributed by atoms with van der Waals surface area (Å²) in [5.41, 5.74) is -0.138. The average Bonchev–Trinajstić information content (AvgIpc) is 2.72. The van der Waals surface area contributed by atoms with Gasteiger partial charge in [-0.1, -0.05) is 0 Å². The normalized spacial score (nSPS) is 12.2. The number of carbonyl (C=O) groups is 1. The van der Waals surface area contributed by atoms with Gasteiger partial charge in [0.25, 0.3) is 0 Å². The molecule has 5 heteroatoms. The van der Waals surface area contributed by atoms with E-state index in [2.05, 4.69) is 0 Å². The number of hydrogen-bond donors (Lipinski definition) is 1. The topological polar surface area (TPSA) is 55.8 Å². The van der Waals surface area contributed by atoms with E-state index in [1.165, 1.54) is 11.3 Å². The molecule has 1 aromatic rings. The van der Waals surface area contributed by atoms with Gasteiger partial charge in [-0.2, -0.15) is 0 Å². The van der Waals surface area contributed by atoms with Gasteiger partial charge in [-0.05, 0) is 39.0 Å². The second-order valence-corrected chi connectivity index (χ2v) is 6.19. The third kappa shape index (κ3) is 7.77. The molecule has 0 aliphatic rings. The van der Waals surface area contributed by atoms with E-state index in [0.29, 0.717) is 19.8 Å². The zero-order valence-corrected chi connectivity index (χ0v) is 12.3. The first-order valence-electron chi connectivity index (χ1n) is 6.08. The van der Waals surface area contributed by atoms with Crippen LogP contribution >= 0.6 is 11.3 Å². The molecule has 1 aromatic heterocycles. The van der Waals surface area contributed by atoms with Crippen molar-refractivity contribution in [3.05, 3.63) is 28.0 Å². The molecule has 4 nitrogen and oxygen atoms in total. The van der Waals surface area contributed by atoms with Gasteiger partial charge in [0.2, 0.25) is 0 Å². The maximum Gasteiger partial charge on any atom is 0.328 e. The Hall–Kier alpha value is -1.17. The summed E-state index contributed by atoms with van der Waals surface area (Å²) in [6, 6.07) is 3.82.